The van der Waals surface area contributed by atoms with E-state index in [-0.39, 0.29) is 6.29 Å². The summed E-state index contributed by atoms with van der Waals surface area (Å²) in [5.74, 6) is 0.312. The number of nitrogens with zero attached hydrogens (tertiary/aromatic N) is 1. The average Bonchev–Trinajstić information content (AvgIpc) is 2.35. The van der Waals surface area contributed by atoms with E-state index in [1.54, 1.807) is 7.11 Å². The van der Waals surface area contributed by atoms with Crippen LogP contribution in [0.1, 0.15) is 32.6 Å². The first-order chi connectivity index (χ1) is 8.19. The van der Waals surface area contributed by atoms with Gasteiger partial charge in [-0.1, -0.05) is 13.3 Å². The van der Waals surface area contributed by atoms with E-state index in [1.807, 2.05) is 0 Å². The topological polar surface area (TPSA) is 59.0 Å². The highest BCUT2D eigenvalue weighted by molar-refractivity contribution is 5.64. The predicted molar refractivity (Wildman–Crippen MR) is 64.0 cm³/mol. The Balaban J connectivity index is 2.31. The van der Waals surface area contributed by atoms with E-state index in [2.05, 4.69) is 6.92 Å². The van der Waals surface area contributed by atoms with Gasteiger partial charge in [0, 0.05) is 32.7 Å². The number of carbonyl (C=O) groups is 1. The molecule has 1 saturated heterocycles. The van der Waals surface area contributed by atoms with Gasteiger partial charge in [-0.05, 0) is 19.3 Å². The number of likely N-dealkylation sites (tertiary alicyclic amines) is 1. The summed E-state index contributed by atoms with van der Waals surface area (Å²) in [5.41, 5.74) is 0. The van der Waals surface area contributed by atoms with Crippen LogP contribution in [0.5, 0.6) is 0 Å². The number of amides is 1. The van der Waals surface area contributed by atoms with Crippen LogP contribution >= 0.6 is 0 Å². The SMILES string of the molecule is CCCCOC(OC)C1CCN(C(=O)O)CC1. The molecule has 100 valence electrons. The molecule has 1 rings (SSSR count). The van der Waals surface area contributed by atoms with E-state index >= 15 is 0 Å². The van der Waals surface area contributed by atoms with Crippen LogP contribution in [0.2, 0.25) is 0 Å². The smallest absolute Gasteiger partial charge is 0.407 e. The standard InChI is InChI=1S/C12H23NO4/c1-3-4-9-17-11(16-2)10-5-7-13(8-6-10)12(14)15/h10-11H,3-9H2,1-2H3,(H,14,15). The second-order valence-corrected chi connectivity index (χ2v) is 4.44. The summed E-state index contributed by atoms with van der Waals surface area (Å²) in [7, 11) is 1.65. The van der Waals surface area contributed by atoms with Crippen molar-refractivity contribution < 1.29 is 19.4 Å². The molecule has 0 spiro atoms. The monoisotopic (exact) mass is 245 g/mol. The quantitative estimate of drug-likeness (QED) is 0.575. The Labute approximate surface area is 103 Å². The number of carboxylic acid groups (broad SMARTS) is 1. The molecule has 1 fully saturated rings. The number of piperidine rings is 1. The largest absolute Gasteiger partial charge is 0.465 e. The maximum atomic E-state index is 10.8. The summed E-state index contributed by atoms with van der Waals surface area (Å²) < 4.78 is 11.0. The lowest BCUT2D eigenvalue weighted by atomic mass is 9.96. The number of rotatable bonds is 6. The molecule has 0 radical (unpaired) electrons. The summed E-state index contributed by atoms with van der Waals surface area (Å²) in [6.45, 7) is 4.00. The van der Waals surface area contributed by atoms with Crippen LogP contribution in [-0.2, 0) is 9.47 Å². The number of hydrogen-bond acceptors (Lipinski definition) is 3. The van der Waals surface area contributed by atoms with Gasteiger partial charge in [0.25, 0.3) is 0 Å². The van der Waals surface area contributed by atoms with Gasteiger partial charge in [-0.15, -0.1) is 0 Å². The minimum absolute atomic E-state index is 0.183. The molecule has 1 aliphatic rings. The molecule has 1 aliphatic heterocycles. The third-order valence-electron chi connectivity index (χ3n) is 3.21. The summed E-state index contributed by atoms with van der Waals surface area (Å²) in [5, 5.41) is 8.86. The number of ether oxygens (including phenoxy) is 2. The molecule has 0 aliphatic carbocycles. The molecule has 17 heavy (non-hydrogen) atoms. The first-order valence-electron chi connectivity index (χ1n) is 6.31. The van der Waals surface area contributed by atoms with Crippen molar-refractivity contribution in [1.82, 2.24) is 4.90 Å². The Morgan fingerprint density at radius 3 is 2.59 bits per heavy atom. The van der Waals surface area contributed by atoms with E-state index in [0.29, 0.717) is 25.6 Å². The zero-order valence-corrected chi connectivity index (χ0v) is 10.7. The highest BCUT2D eigenvalue weighted by Crippen LogP contribution is 2.23. The van der Waals surface area contributed by atoms with Crippen LogP contribution in [0.25, 0.3) is 0 Å². The molecule has 0 aromatic heterocycles. The highest BCUT2D eigenvalue weighted by atomic mass is 16.7. The lowest BCUT2D eigenvalue weighted by Gasteiger charge is -2.33. The first kappa shape index (κ1) is 14.3. The lowest BCUT2D eigenvalue weighted by molar-refractivity contribution is -0.164. The maximum Gasteiger partial charge on any atom is 0.407 e. The predicted octanol–water partition coefficient (Wildman–Crippen LogP) is 2.17. The van der Waals surface area contributed by atoms with Gasteiger partial charge < -0.3 is 19.5 Å². The number of hydrogen-bond donors (Lipinski definition) is 1. The van der Waals surface area contributed by atoms with Crippen molar-refractivity contribution >= 4 is 6.09 Å². The second-order valence-electron chi connectivity index (χ2n) is 4.44. The zero-order valence-electron chi connectivity index (χ0n) is 10.7. The van der Waals surface area contributed by atoms with Gasteiger partial charge in [0.2, 0.25) is 0 Å². The van der Waals surface area contributed by atoms with E-state index in [9.17, 15) is 4.79 Å². The van der Waals surface area contributed by atoms with Crippen LogP contribution in [0, 0.1) is 5.92 Å². The molecule has 0 bridgehead atoms. The normalized spacial score (nSPS) is 19.3. The van der Waals surface area contributed by atoms with Crippen LogP contribution in [0.4, 0.5) is 4.79 Å². The molecule has 0 saturated carbocycles. The fourth-order valence-corrected chi connectivity index (χ4v) is 2.10. The van der Waals surface area contributed by atoms with Crippen molar-refractivity contribution in [1.29, 1.82) is 0 Å². The molecular formula is C12H23NO4. The van der Waals surface area contributed by atoms with Gasteiger partial charge in [-0.2, -0.15) is 0 Å². The van der Waals surface area contributed by atoms with E-state index < -0.39 is 6.09 Å². The molecule has 1 heterocycles. The van der Waals surface area contributed by atoms with Crippen LogP contribution in [-0.4, -0.2) is 49.2 Å². The third kappa shape index (κ3) is 4.52. The molecule has 5 nitrogen and oxygen atoms in total. The Morgan fingerprint density at radius 1 is 1.47 bits per heavy atom. The van der Waals surface area contributed by atoms with Crippen LogP contribution in [0.3, 0.4) is 0 Å². The van der Waals surface area contributed by atoms with Gasteiger partial charge in [0.05, 0.1) is 0 Å². The van der Waals surface area contributed by atoms with Crippen molar-refractivity contribution in [2.75, 3.05) is 26.8 Å². The summed E-state index contributed by atoms with van der Waals surface area (Å²) in [6.07, 6.45) is 2.76. The van der Waals surface area contributed by atoms with Crippen molar-refractivity contribution in [2.45, 2.75) is 38.9 Å². The summed E-state index contributed by atoms with van der Waals surface area (Å²) in [6, 6.07) is 0. The highest BCUT2D eigenvalue weighted by Gasteiger charge is 2.28. The molecular weight excluding hydrogens is 222 g/mol. The molecule has 1 N–H and O–H groups in total. The fraction of sp³-hybridized carbons (Fsp3) is 0.917. The van der Waals surface area contributed by atoms with Crippen LogP contribution in [0.15, 0.2) is 0 Å². The molecule has 1 atom stereocenters. The number of unbranched alkanes of at least 4 members (excludes halogenated alkanes) is 1. The third-order valence-corrected chi connectivity index (χ3v) is 3.21. The molecule has 1 unspecified atom stereocenters. The summed E-state index contributed by atoms with van der Waals surface area (Å²) in [4.78, 5) is 12.2. The van der Waals surface area contributed by atoms with Crippen molar-refractivity contribution in [3.63, 3.8) is 0 Å². The zero-order chi connectivity index (χ0) is 12.7. The van der Waals surface area contributed by atoms with Gasteiger partial charge in [-0.25, -0.2) is 4.79 Å². The maximum absolute atomic E-state index is 10.8. The summed E-state index contributed by atoms with van der Waals surface area (Å²) >= 11 is 0. The van der Waals surface area contributed by atoms with Gasteiger partial charge >= 0.3 is 6.09 Å². The molecule has 5 heteroatoms. The van der Waals surface area contributed by atoms with Crippen molar-refractivity contribution in [2.24, 2.45) is 5.92 Å². The van der Waals surface area contributed by atoms with Gasteiger partial charge in [-0.3, -0.25) is 0 Å². The Hall–Kier alpha value is -0.810. The van der Waals surface area contributed by atoms with Crippen molar-refractivity contribution in [3.05, 3.63) is 0 Å². The van der Waals surface area contributed by atoms with Gasteiger partial charge in [0.15, 0.2) is 6.29 Å². The van der Waals surface area contributed by atoms with Crippen LogP contribution < -0.4 is 0 Å². The van der Waals surface area contributed by atoms with E-state index in [1.165, 1.54) is 4.90 Å². The number of methoxy groups -OCH3 is 1. The van der Waals surface area contributed by atoms with Gasteiger partial charge in [0.1, 0.15) is 0 Å². The van der Waals surface area contributed by atoms with Crippen molar-refractivity contribution in [3.8, 4) is 0 Å². The first-order valence-corrected chi connectivity index (χ1v) is 6.31. The molecule has 1 amide bonds. The Bertz CT molecular complexity index is 227. The second kappa shape index (κ2) is 7.50. The molecule has 0 aromatic rings. The minimum atomic E-state index is -0.829. The minimum Gasteiger partial charge on any atom is -0.465 e. The fourth-order valence-electron chi connectivity index (χ4n) is 2.10. The lowest BCUT2D eigenvalue weighted by Crippen LogP contribution is -2.41. The van der Waals surface area contributed by atoms with E-state index in [4.69, 9.17) is 14.6 Å². The average molecular weight is 245 g/mol. The molecule has 0 aromatic carbocycles. The Morgan fingerprint density at radius 2 is 2.12 bits per heavy atom. The Kier molecular flexibility index (Phi) is 6.29. The van der Waals surface area contributed by atoms with E-state index in [0.717, 1.165) is 25.7 Å².